The van der Waals surface area contributed by atoms with Gasteiger partial charge in [-0.15, -0.1) is 0 Å². The van der Waals surface area contributed by atoms with E-state index in [0.29, 0.717) is 34.5 Å². The molecule has 10 nitrogen and oxygen atoms in total. The van der Waals surface area contributed by atoms with Crippen LogP contribution >= 0.6 is 23.2 Å². The Morgan fingerprint density at radius 3 is 1.43 bits per heavy atom. The predicted octanol–water partition coefficient (Wildman–Crippen LogP) is 4.52. The van der Waals surface area contributed by atoms with Crippen molar-refractivity contribution in [3.8, 4) is 11.1 Å². The molecule has 222 valence electrons. The first-order valence-electron chi connectivity index (χ1n) is 13.8. The second kappa shape index (κ2) is 12.5. The summed E-state index contributed by atoms with van der Waals surface area (Å²) < 4.78 is 3.69. The van der Waals surface area contributed by atoms with Gasteiger partial charge in [-0.2, -0.15) is 0 Å². The molecule has 0 atom stereocenters. The maximum absolute atomic E-state index is 12.3. The fourth-order valence-electron chi connectivity index (χ4n) is 5.34. The first-order valence-corrected chi connectivity index (χ1v) is 14.5. The lowest BCUT2D eigenvalue weighted by atomic mass is 10.0. The van der Waals surface area contributed by atoms with Gasteiger partial charge in [-0.1, -0.05) is 71.7 Å². The van der Waals surface area contributed by atoms with Crippen molar-refractivity contribution in [2.75, 3.05) is 0 Å². The number of halogens is 2. The Morgan fingerprint density at radius 2 is 1.05 bits per heavy atom. The van der Waals surface area contributed by atoms with Gasteiger partial charge in [-0.05, 0) is 58.7 Å². The number of fused-ring (bicyclic) bond motifs is 2. The fraction of sp³-hybridized carbons (Fsp3) is 0.125. The molecule has 2 aromatic heterocycles. The zero-order valence-corrected chi connectivity index (χ0v) is 24.9. The Labute approximate surface area is 262 Å². The first-order chi connectivity index (χ1) is 21.3. The molecule has 0 aliphatic carbocycles. The van der Waals surface area contributed by atoms with Gasteiger partial charge in [-0.3, -0.25) is 20.4 Å². The molecule has 6 aromatic rings. The Kier molecular flexibility index (Phi) is 8.32. The van der Waals surface area contributed by atoms with Crippen LogP contribution in [0.5, 0.6) is 0 Å². The van der Waals surface area contributed by atoms with Gasteiger partial charge in [0.25, 0.3) is 11.8 Å². The zero-order chi connectivity index (χ0) is 30.8. The largest absolute Gasteiger partial charge is 0.318 e. The van der Waals surface area contributed by atoms with E-state index in [-0.39, 0.29) is 24.9 Å². The molecule has 0 unspecified atom stereocenters. The van der Waals surface area contributed by atoms with Crippen molar-refractivity contribution in [2.24, 2.45) is 11.7 Å². The number of nitrogens with one attached hydrogen (secondary N) is 2. The molecule has 44 heavy (non-hydrogen) atoms. The molecular formula is C32H28Cl2N8O2. The normalized spacial score (nSPS) is 11.3. The highest BCUT2D eigenvalue weighted by molar-refractivity contribution is 6.31. The topological polar surface area (TPSA) is 146 Å². The van der Waals surface area contributed by atoms with Gasteiger partial charge in [0.1, 0.15) is 24.7 Å². The number of hydrazine groups is 2. The summed E-state index contributed by atoms with van der Waals surface area (Å²) in [6.07, 6.45) is 0.880. The van der Waals surface area contributed by atoms with Crippen LogP contribution in [0.4, 0.5) is 0 Å². The summed E-state index contributed by atoms with van der Waals surface area (Å²) in [7, 11) is 0. The first kappa shape index (κ1) is 29.3. The quantitative estimate of drug-likeness (QED) is 0.105. The third-order valence-electron chi connectivity index (χ3n) is 7.53. The average Bonchev–Trinajstić information content (AvgIpc) is 3.54. The zero-order valence-electron chi connectivity index (χ0n) is 23.4. The predicted molar refractivity (Wildman–Crippen MR) is 172 cm³/mol. The molecule has 2 amide bonds. The molecule has 0 bridgehead atoms. The van der Waals surface area contributed by atoms with E-state index in [0.717, 1.165) is 44.3 Å². The lowest BCUT2D eigenvalue weighted by molar-refractivity contribution is -0.122. The molecule has 0 saturated heterocycles. The third kappa shape index (κ3) is 5.88. The van der Waals surface area contributed by atoms with Crippen molar-refractivity contribution in [1.82, 2.24) is 30.0 Å². The summed E-state index contributed by atoms with van der Waals surface area (Å²) in [4.78, 5) is 34.4. The van der Waals surface area contributed by atoms with Crippen LogP contribution in [-0.2, 0) is 35.5 Å². The summed E-state index contributed by atoms with van der Waals surface area (Å²) >= 11 is 12.9. The second-order valence-electron chi connectivity index (χ2n) is 10.3. The van der Waals surface area contributed by atoms with Gasteiger partial charge in [0.15, 0.2) is 0 Å². The summed E-state index contributed by atoms with van der Waals surface area (Å²) in [6.45, 7) is 0.0280. The smallest absolute Gasteiger partial charge is 0.253 e. The monoisotopic (exact) mass is 626 g/mol. The maximum atomic E-state index is 12.3. The van der Waals surface area contributed by atoms with Gasteiger partial charge in [0.2, 0.25) is 0 Å². The van der Waals surface area contributed by atoms with Crippen LogP contribution in [-0.4, -0.2) is 30.9 Å². The number of carbonyl (C=O) groups excluding carboxylic acids is 2. The van der Waals surface area contributed by atoms with E-state index in [1.54, 1.807) is 0 Å². The number of benzene rings is 4. The summed E-state index contributed by atoms with van der Waals surface area (Å²) in [5.74, 6) is 11.5. The highest BCUT2D eigenvalue weighted by Crippen LogP contribution is 2.30. The average molecular weight is 628 g/mol. The van der Waals surface area contributed by atoms with Crippen molar-refractivity contribution in [3.63, 3.8) is 0 Å². The van der Waals surface area contributed by atoms with Crippen LogP contribution in [0.2, 0.25) is 10.0 Å². The summed E-state index contributed by atoms with van der Waals surface area (Å²) in [5.41, 5.74) is 11.1. The number of amides is 2. The van der Waals surface area contributed by atoms with Crippen LogP contribution in [0.25, 0.3) is 33.2 Å². The fourth-order valence-corrected chi connectivity index (χ4v) is 5.75. The van der Waals surface area contributed by atoms with E-state index in [1.165, 1.54) is 0 Å². The number of nitrogens with two attached hydrogens (primary N) is 2. The molecule has 0 fully saturated rings. The number of imidazole rings is 2. The van der Waals surface area contributed by atoms with Gasteiger partial charge in [0.05, 0.1) is 22.1 Å². The standard InChI is InChI=1S/C32H28Cl2N8O2/c33-23-7-3-1-5-21(23)15-29-37-25-13-19(9-11-27(25)41(29)17-31(43)39-35)20-10-12-28-26(14-20)38-30(42(28)18-32(44)40-36)16-22-6-2-4-8-24(22)34/h1-14H,15-18,35-36H2,(H,39,43)(H,40,44). The Hall–Kier alpha value is -4.74. The second-order valence-corrected chi connectivity index (χ2v) is 11.1. The van der Waals surface area contributed by atoms with E-state index in [1.807, 2.05) is 94.1 Å². The molecule has 6 rings (SSSR count). The molecule has 0 aliphatic heterocycles. The molecule has 12 heteroatoms. The van der Waals surface area contributed by atoms with E-state index < -0.39 is 0 Å². The minimum absolute atomic E-state index is 0.0140. The number of rotatable bonds is 9. The number of carbonyl (C=O) groups is 2. The van der Waals surface area contributed by atoms with E-state index in [9.17, 15) is 9.59 Å². The van der Waals surface area contributed by atoms with E-state index >= 15 is 0 Å². The van der Waals surface area contributed by atoms with Gasteiger partial charge < -0.3 is 9.13 Å². The molecule has 2 heterocycles. The van der Waals surface area contributed by atoms with Crippen LogP contribution in [0.1, 0.15) is 22.8 Å². The minimum Gasteiger partial charge on any atom is -0.318 e. The third-order valence-corrected chi connectivity index (χ3v) is 8.26. The Morgan fingerprint density at radius 1 is 0.636 bits per heavy atom. The van der Waals surface area contributed by atoms with Crippen molar-refractivity contribution >= 4 is 57.1 Å². The van der Waals surface area contributed by atoms with Crippen molar-refractivity contribution in [2.45, 2.75) is 25.9 Å². The van der Waals surface area contributed by atoms with Crippen molar-refractivity contribution in [3.05, 3.63) is 118 Å². The molecule has 4 aromatic carbocycles. The summed E-state index contributed by atoms with van der Waals surface area (Å²) in [6, 6.07) is 26.9. The molecule has 0 radical (unpaired) electrons. The van der Waals surface area contributed by atoms with Gasteiger partial charge >= 0.3 is 0 Å². The SMILES string of the molecule is NNC(=O)Cn1c(Cc2ccccc2Cl)nc2cc(-c3ccc4c(c3)nc(Cc3ccccc3Cl)n4CC(=O)NN)ccc21. The molecule has 0 aliphatic rings. The van der Waals surface area contributed by atoms with E-state index in [2.05, 4.69) is 10.9 Å². The Balaban J connectivity index is 1.40. The molecule has 0 saturated carbocycles. The van der Waals surface area contributed by atoms with Crippen LogP contribution in [0.3, 0.4) is 0 Å². The van der Waals surface area contributed by atoms with Crippen LogP contribution < -0.4 is 22.5 Å². The summed E-state index contributed by atoms with van der Waals surface area (Å²) in [5, 5.41) is 1.25. The molecule has 0 spiro atoms. The number of nitrogens with zero attached hydrogens (tertiary/aromatic N) is 4. The molecule has 6 N–H and O–H groups in total. The molecular weight excluding hydrogens is 599 g/mol. The van der Waals surface area contributed by atoms with Crippen molar-refractivity contribution in [1.29, 1.82) is 0 Å². The number of aromatic nitrogens is 4. The number of hydrogen-bond donors (Lipinski definition) is 4. The lowest BCUT2D eigenvalue weighted by Crippen LogP contribution is -2.33. The highest BCUT2D eigenvalue weighted by Gasteiger charge is 2.18. The maximum Gasteiger partial charge on any atom is 0.253 e. The highest BCUT2D eigenvalue weighted by atomic mass is 35.5. The van der Waals surface area contributed by atoms with Gasteiger partial charge in [0, 0.05) is 22.9 Å². The Bertz CT molecular complexity index is 1890. The minimum atomic E-state index is -0.342. The van der Waals surface area contributed by atoms with E-state index in [4.69, 9.17) is 44.9 Å². The lowest BCUT2D eigenvalue weighted by Gasteiger charge is -2.10. The van der Waals surface area contributed by atoms with Gasteiger partial charge in [-0.25, -0.2) is 21.7 Å². The van der Waals surface area contributed by atoms with Crippen LogP contribution in [0, 0.1) is 0 Å². The van der Waals surface area contributed by atoms with Crippen LogP contribution in [0.15, 0.2) is 84.9 Å². The number of hydrogen-bond acceptors (Lipinski definition) is 6. The van der Waals surface area contributed by atoms with Crippen molar-refractivity contribution < 1.29 is 9.59 Å².